The standard InChI is InChI=1S/C13H21NO2/c1-11(14-2)7-6-10-16-13-9-5-4-8-12(13)15-3/h4-5,8-9,11,14H,6-7,10H2,1-3H3. The van der Waals surface area contributed by atoms with E-state index in [1.807, 2.05) is 31.3 Å². The number of hydrogen-bond acceptors (Lipinski definition) is 3. The molecule has 90 valence electrons. The second kappa shape index (κ2) is 7.12. The highest BCUT2D eigenvalue weighted by Crippen LogP contribution is 2.25. The summed E-state index contributed by atoms with van der Waals surface area (Å²) in [6.07, 6.45) is 2.16. The Kier molecular flexibility index (Phi) is 5.72. The molecule has 0 aliphatic rings. The predicted molar refractivity (Wildman–Crippen MR) is 66.2 cm³/mol. The summed E-state index contributed by atoms with van der Waals surface area (Å²) in [7, 11) is 3.64. The highest BCUT2D eigenvalue weighted by atomic mass is 16.5. The summed E-state index contributed by atoms with van der Waals surface area (Å²) in [5, 5.41) is 3.21. The Balaban J connectivity index is 2.31. The smallest absolute Gasteiger partial charge is 0.161 e. The van der Waals surface area contributed by atoms with Crippen molar-refractivity contribution in [3.63, 3.8) is 0 Å². The van der Waals surface area contributed by atoms with Crippen LogP contribution in [0.2, 0.25) is 0 Å². The molecule has 1 rings (SSSR count). The Bertz CT molecular complexity index is 302. The lowest BCUT2D eigenvalue weighted by Crippen LogP contribution is -2.21. The number of para-hydroxylation sites is 2. The fourth-order valence-electron chi connectivity index (χ4n) is 1.45. The van der Waals surface area contributed by atoms with Gasteiger partial charge >= 0.3 is 0 Å². The Hall–Kier alpha value is -1.22. The van der Waals surface area contributed by atoms with E-state index in [1.165, 1.54) is 0 Å². The molecule has 1 N–H and O–H groups in total. The lowest BCUT2D eigenvalue weighted by Gasteiger charge is -2.12. The first kappa shape index (κ1) is 12.8. The Morgan fingerprint density at radius 1 is 1.25 bits per heavy atom. The van der Waals surface area contributed by atoms with E-state index in [1.54, 1.807) is 7.11 Å². The third kappa shape index (κ3) is 4.11. The van der Waals surface area contributed by atoms with Crippen molar-refractivity contribution in [1.29, 1.82) is 0 Å². The van der Waals surface area contributed by atoms with Crippen molar-refractivity contribution in [3.8, 4) is 11.5 Å². The van der Waals surface area contributed by atoms with E-state index in [0.717, 1.165) is 30.9 Å². The normalized spacial score (nSPS) is 12.2. The van der Waals surface area contributed by atoms with Crippen LogP contribution in [0.15, 0.2) is 24.3 Å². The van der Waals surface area contributed by atoms with Crippen molar-refractivity contribution < 1.29 is 9.47 Å². The summed E-state index contributed by atoms with van der Waals surface area (Å²) >= 11 is 0. The second-order valence-corrected chi connectivity index (χ2v) is 3.83. The average molecular weight is 223 g/mol. The van der Waals surface area contributed by atoms with Crippen molar-refractivity contribution >= 4 is 0 Å². The quantitative estimate of drug-likeness (QED) is 0.720. The summed E-state index contributed by atoms with van der Waals surface area (Å²) in [6, 6.07) is 8.27. The van der Waals surface area contributed by atoms with Crippen LogP contribution in [0, 0.1) is 0 Å². The summed E-state index contributed by atoms with van der Waals surface area (Å²) < 4.78 is 10.9. The molecule has 1 aromatic rings. The Labute approximate surface area is 97.8 Å². The van der Waals surface area contributed by atoms with Crippen LogP contribution < -0.4 is 14.8 Å². The fourth-order valence-corrected chi connectivity index (χ4v) is 1.45. The molecule has 3 heteroatoms. The van der Waals surface area contributed by atoms with Gasteiger partial charge in [-0.3, -0.25) is 0 Å². The molecule has 0 heterocycles. The van der Waals surface area contributed by atoms with Gasteiger partial charge in [0.1, 0.15) is 0 Å². The van der Waals surface area contributed by atoms with E-state index in [9.17, 15) is 0 Å². The van der Waals surface area contributed by atoms with Gasteiger partial charge in [0.05, 0.1) is 13.7 Å². The molecule has 0 saturated carbocycles. The lowest BCUT2D eigenvalue weighted by atomic mass is 10.2. The summed E-state index contributed by atoms with van der Waals surface area (Å²) in [5.74, 6) is 1.62. The highest BCUT2D eigenvalue weighted by molar-refractivity contribution is 5.39. The first-order chi connectivity index (χ1) is 7.77. The van der Waals surface area contributed by atoms with Crippen molar-refractivity contribution in [2.45, 2.75) is 25.8 Å². The second-order valence-electron chi connectivity index (χ2n) is 3.83. The number of methoxy groups -OCH3 is 1. The van der Waals surface area contributed by atoms with E-state index in [4.69, 9.17) is 9.47 Å². The van der Waals surface area contributed by atoms with Gasteiger partial charge in [-0.1, -0.05) is 12.1 Å². The number of hydrogen-bond donors (Lipinski definition) is 1. The third-order valence-corrected chi connectivity index (χ3v) is 2.60. The van der Waals surface area contributed by atoms with Crippen molar-refractivity contribution in [2.24, 2.45) is 0 Å². The minimum Gasteiger partial charge on any atom is -0.493 e. The van der Waals surface area contributed by atoms with Gasteiger partial charge in [-0.25, -0.2) is 0 Å². The number of benzene rings is 1. The largest absolute Gasteiger partial charge is 0.493 e. The molecule has 3 nitrogen and oxygen atoms in total. The van der Waals surface area contributed by atoms with Crippen LogP contribution in [0.25, 0.3) is 0 Å². The minimum atomic E-state index is 0.543. The van der Waals surface area contributed by atoms with Gasteiger partial charge in [-0.2, -0.15) is 0 Å². The molecule has 1 unspecified atom stereocenters. The van der Waals surface area contributed by atoms with Crippen LogP contribution in [0.3, 0.4) is 0 Å². The minimum absolute atomic E-state index is 0.543. The fraction of sp³-hybridized carbons (Fsp3) is 0.538. The molecule has 0 radical (unpaired) electrons. The highest BCUT2D eigenvalue weighted by Gasteiger charge is 2.02. The van der Waals surface area contributed by atoms with E-state index in [-0.39, 0.29) is 0 Å². The maximum absolute atomic E-state index is 5.67. The van der Waals surface area contributed by atoms with Crippen LogP contribution in [-0.2, 0) is 0 Å². The lowest BCUT2D eigenvalue weighted by molar-refractivity contribution is 0.281. The van der Waals surface area contributed by atoms with Crippen LogP contribution in [0.5, 0.6) is 11.5 Å². The van der Waals surface area contributed by atoms with Gasteiger partial charge in [-0.15, -0.1) is 0 Å². The van der Waals surface area contributed by atoms with Crippen molar-refractivity contribution in [2.75, 3.05) is 20.8 Å². The van der Waals surface area contributed by atoms with Gasteiger partial charge in [0.25, 0.3) is 0 Å². The van der Waals surface area contributed by atoms with Crippen molar-refractivity contribution in [3.05, 3.63) is 24.3 Å². The molecule has 0 spiro atoms. The first-order valence-corrected chi connectivity index (χ1v) is 5.71. The van der Waals surface area contributed by atoms with Crippen molar-refractivity contribution in [1.82, 2.24) is 5.32 Å². The molecule has 0 aliphatic heterocycles. The molecule has 16 heavy (non-hydrogen) atoms. The molecule has 0 amide bonds. The van der Waals surface area contributed by atoms with E-state index in [2.05, 4.69) is 12.2 Å². The summed E-state index contributed by atoms with van der Waals surface area (Å²) in [6.45, 7) is 2.90. The van der Waals surface area contributed by atoms with Gasteiger partial charge in [0, 0.05) is 6.04 Å². The molecular weight excluding hydrogens is 202 g/mol. The monoisotopic (exact) mass is 223 g/mol. The van der Waals surface area contributed by atoms with Gasteiger partial charge in [0.2, 0.25) is 0 Å². The maximum Gasteiger partial charge on any atom is 0.161 e. The number of ether oxygens (including phenoxy) is 2. The van der Waals surface area contributed by atoms with Gasteiger partial charge in [-0.05, 0) is 38.9 Å². The molecule has 1 aromatic carbocycles. The number of nitrogens with one attached hydrogen (secondary N) is 1. The SMILES string of the molecule is CNC(C)CCCOc1ccccc1OC. The maximum atomic E-state index is 5.67. The van der Waals surface area contributed by atoms with Crippen LogP contribution >= 0.6 is 0 Å². The zero-order chi connectivity index (χ0) is 11.8. The summed E-state index contributed by atoms with van der Waals surface area (Å²) in [4.78, 5) is 0. The summed E-state index contributed by atoms with van der Waals surface area (Å²) in [5.41, 5.74) is 0. The third-order valence-electron chi connectivity index (χ3n) is 2.60. The average Bonchev–Trinajstić information content (AvgIpc) is 2.34. The topological polar surface area (TPSA) is 30.5 Å². The molecule has 0 bridgehead atoms. The molecule has 0 saturated heterocycles. The molecule has 0 fully saturated rings. The Morgan fingerprint density at radius 2 is 1.94 bits per heavy atom. The van der Waals surface area contributed by atoms with E-state index in [0.29, 0.717) is 6.04 Å². The molecular formula is C13H21NO2. The molecule has 0 aromatic heterocycles. The van der Waals surface area contributed by atoms with Gasteiger partial charge < -0.3 is 14.8 Å². The van der Waals surface area contributed by atoms with Crippen LogP contribution in [-0.4, -0.2) is 26.8 Å². The van der Waals surface area contributed by atoms with E-state index < -0.39 is 0 Å². The molecule has 1 atom stereocenters. The zero-order valence-electron chi connectivity index (χ0n) is 10.3. The van der Waals surface area contributed by atoms with E-state index >= 15 is 0 Å². The predicted octanol–water partition coefficient (Wildman–Crippen LogP) is 2.46. The first-order valence-electron chi connectivity index (χ1n) is 5.71. The zero-order valence-corrected chi connectivity index (χ0v) is 10.3. The number of rotatable bonds is 7. The van der Waals surface area contributed by atoms with Crippen LogP contribution in [0.1, 0.15) is 19.8 Å². The molecule has 0 aliphatic carbocycles. The van der Waals surface area contributed by atoms with Crippen LogP contribution in [0.4, 0.5) is 0 Å². The Morgan fingerprint density at radius 3 is 2.56 bits per heavy atom. The van der Waals surface area contributed by atoms with Gasteiger partial charge in [0.15, 0.2) is 11.5 Å².